The summed E-state index contributed by atoms with van der Waals surface area (Å²) in [6.45, 7) is 8.38. The summed E-state index contributed by atoms with van der Waals surface area (Å²) in [5, 5.41) is 11.1. The fourth-order valence-electron chi connectivity index (χ4n) is 1.87. The molecule has 0 N–H and O–H groups in total. The van der Waals surface area contributed by atoms with Crippen molar-refractivity contribution in [2.24, 2.45) is 7.05 Å². The lowest BCUT2D eigenvalue weighted by Gasteiger charge is -2.18. The number of thioether (sulfide) groups is 1. The van der Waals surface area contributed by atoms with Gasteiger partial charge in [-0.3, -0.25) is 4.79 Å². The molecule has 0 aliphatic rings. The van der Waals surface area contributed by atoms with Crippen LogP contribution in [0, 0.1) is 0 Å². The molecule has 0 radical (unpaired) electrons. The third-order valence-corrected chi connectivity index (χ3v) is 4.82. The van der Waals surface area contributed by atoms with Gasteiger partial charge in [0, 0.05) is 20.1 Å². The highest BCUT2D eigenvalue weighted by atomic mass is 32.2. The molecule has 2 rings (SSSR count). The van der Waals surface area contributed by atoms with E-state index < -0.39 is 0 Å². The van der Waals surface area contributed by atoms with Crippen molar-refractivity contribution in [3.05, 3.63) is 42.8 Å². The molecule has 0 atom stereocenters. The van der Waals surface area contributed by atoms with Gasteiger partial charge in [0.05, 0.1) is 10.6 Å². The maximum Gasteiger partial charge on any atom is 0.233 e. The van der Waals surface area contributed by atoms with Crippen LogP contribution in [0.2, 0.25) is 0 Å². The summed E-state index contributed by atoms with van der Waals surface area (Å²) in [5.41, 5.74) is 0. The van der Waals surface area contributed by atoms with Crippen LogP contribution < -0.4 is 0 Å². The summed E-state index contributed by atoms with van der Waals surface area (Å²) in [7, 11) is 1.91. The van der Waals surface area contributed by atoms with E-state index in [1.807, 2.05) is 29.1 Å². The molecule has 0 aromatic carbocycles. The number of aromatic nitrogens is 3. The molecule has 0 spiro atoms. The second kappa shape index (κ2) is 7.95. The zero-order chi connectivity index (χ0) is 15.9. The first-order valence-electron chi connectivity index (χ1n) is 6.73. The first kappa shape index (κ1) is 16.5. The predicted octanol–water partition coefficient (Wildman–Crippen LogP) is 2.84. The first-order valence-corrected chi connectivity index (χ1v) is 8.59. The van der Waals surface area contributed by atoms with Gasteiger partial charge in [-0.2, -0.15) is 0 Å². The van der Waals surface area contributed by atoms with E-state index in [1.54, 1.807) is 28.4 Å². The number of carbonyl (C=O) groups is 1. The zero-order valence-corrected chi connectivity index (χ0v) is 14.1. The van der Waals surface area contributed by atoms with Gasteiger partial charge in [0.15, 0.2) is 11.0 Å². The molecule has 116 valence electrons. The van der Waals surface area contributed by atoms with Crippen molar-refractivity contribution in [3.8, 4) is 10.7 Å². The molecule has 2 heterocycles. The molecule has 0 aliphatic heterocycles. The Balaban J connectivity index is 2.01. The minimum absolute atomic E-state index is 0.0328. The van der Waals surface area contributed by atoms with E-state index in [9.17, 15) is 4.79 Å². The smallest absolute Gasteiger partial charge is 0.233 e. The molecular formula is C15H18N4OS2. The molecule has 1 amide bonds. The molecule has 5 nitrogen and oxygen atoms in total. The van der Waals surface area contributed by atoms with E-state index in [0.717, 1.165) is 15.9 Å². The Hall–Kier alpha value is -1.86. The van der Waals surface area contributed by atoms with Crippen molar-refractivity contribution in [1.82, 2.24) is 19.7 Å². The summed E-state index contributed by atoms with van der Waals surface area (Å²) >= 11 is 3.00. The lowest BCUT2D eigenvalue weighted by molar-refractivity contribution is -0.127. The van der Waals surface area contributed by atoms with Gasteiger partial charge in [-0.1, -0.05) is 30.0 Å². The predicted molar refractivity (Wildman–Crippen MR) is 92.0 cm³/mol. The Morgan fingerprint density at radius 3 is 2.73 bits per heavy atom. The van der Waals surface area contributed by atoms with Crippen LogP contribution in [0.4, 0.5) is 0 Å². The van der Waals surface area contributed by atoms with E-state index in [0.29, 0.717) is 18.8 Å². The highest BCUT2D eigenvalue weighted by molar-refractivity contribution is 7.99. The molecule has 2 aromatic heterocycles. The number of nitrogens with zero attached hydrogens (tertiary/aromatic N) is 4. The lowest BCUT2D eigenvalue weighted by atomic mass is 10.4. The van der Waals surface area contributed by atoms with Crippen LogP contribution in [0.25, 0.3) is 10.7 Å². The summed E-state index contributed by atoms with van der Waals surface area (Å²) in [6.07, 6.45) is 3.42. The van der Waals surface area contributed by atoms with Crippen molar-refractivity contribution < 1.29 is 4.79 Å². The fraction of sp³-hybridized carbons (Fsp3) is 0.267. The summed E-state index contributed by atoms with van der Waals surface area (Å²) < 4.78 is 1.91. The molecule has 0 saturated carbocycles. The average Bonchev–Trinajstić information content (AvgIpc) is 3.14. The number of hydrogen-bond acceptors (Lipinski definition) is 5. The number of rotatable bonds is 8. The third kappa shape index (κ3) is 3.86. The Bertz CT molecular complexity index is 639. The highest BCUT2D eigenvalue weighted by Gasteiger charge is 2.15. The quantitative estimate of drug-likeness (QED) is 0.550. The molecule has 0 bridgehead atoms. The topological polar surface area (TPSA) is 51.0 Å². The highest BCUT2D eigenvalue weighted by Crippen LogP contribution is 2.26. The van der Waals surface area contributed by atoms with Gasteiger partial charge in [-0.25, -0.2) is 0 Å². The van der Waals surface area contributed by atoms with Gasteiger partial charge >= 0.3 is 0 Å². The average molecular weight is 334 g/mol. The summed E-state index contributed by atoms with van der Waals surface area (Å²) in [6, 6.07) is 3.98. The molecule has 22 heavy (non-hydrogen) atoms. The van der Waals surface area contributed by atoms with Gasteiger partial charge < -0.3 is 9.47 Å². The zero-order valence-electron chi connectivity index (χ0n) is 12.4. The van der Waals surface area contributed by atoms with Gasteiger partial charge in [0.1, 0.15) is 0 Å². The van der Waals surface area contributed by atoms with E-state index in [4.69, 9.17) is 0 Å². The van der Waals surface area contributed by atoms with Crippen LogP contribution >= 0.6 is 23.1 Å². The molecular weight excluding hydrogens is 316 g/mol. The second-order valence-electron chi connectivity index (χ2n) is 4.51. The van der Waals surface area contributed by atoms with Crippen LogP contribution in [0.15, 0.2) is 48.0 Å². The van der Waals surface area contributed by atoms with Crippen LogP contribution in [0.5, 0.6) is 0 Å². The number of hydrogen-bond donors (Lipinski definition) is 0. The lowest BCUT2D eigenvalue weighted by Crippen LogP contribution is -2.32. The Morgan fingerprint density at radius 2 is 2.14 bits per heavy atom. The fourth-order valence-corrected chi connectivity index (χ4v) is 3.43. The van der Waals surface area contributed by atoms with E-state index >= 15 is 0 Å². The van der Waals surface area contributed by atoms with E-state index in [2.05, 4.69) is 23.4 Å². The monoisotopic (exact) mass is 334 g/mol. The maximum atomic E-state index is 12.2. The normalized spacial score (nSPS) is 10.4. The SMILES string of the molecule is C=CCN(CC=C)C(=O)CSc1nnc(-c2cccs2)n1C. The molecule has 0 unspecified atom stereocenters. The number of amides is 1. The van der Waals surface area contributed by atoms with Gasteiger partial charge in [0.25, 0.3) is 0 Å². The van der Waals surface area contributed by atoms with Gasteiger partial charge in [0.2, 0.25) is 5.91 Å². The molecule has 0 fully saturated rings. The van der Waals surface area contributed by atoms with Crippen molar-refractivity contribution >= 4 is 29.0 Å². The molecule has 2 aromatic rings. The third-order valence-electron chi connectivity index (χ3n) is 2.95. The second-order valence-corrected chi connectivity index (χ2v) is 6.40. The largest absolute Gasteiger partial charge is 0.335 e. The van der Waals surface area contributed by atoms with E-state index in [1.165, 1.54) is 11.8 Å². The Kier molecular flexibility index (Phi) is 5.97. The van der Waals surface area contributed by atoms with Crippen molar-refractivity contribution in [2.75, 3.05) is 18.8 Å². The Morgan fingerprint density at radius 1 is 1.41 bits per heavy atom. The van der Waals surface area contributed by atoms with Gasteiger partial charge in [-0.05, 0) is 11.4 Å². The maximum absolute atomic E-state index is 12.2. The van der Waals surface area contributed by atoms with Crippen LogP contribution in [-0.2, 0) is 11.8 Å². The molecule has 0 aliphatic carbocycles. The standard InChI is InChI=1S/C15H18N4OS2/c1-4-8-19(9-5-2)13(20)11-22-15-17-16-14(18(15)3)12-7-6-10-21-12/h4-7,10H,1-2,8-9,11H2,3H3. The summed E-state index contributed by atoms with van der Waals surface area (Å²) in [5.74, 6) is 1.17. The summed E-state index contributed by atoms with van der Waals surface area (Å²) in [4.78, 5) is 15.0. The van der Waals surface area contributed by atoms with Crippen molar-refractivity contribution in [2.45, 2.75) is 5.16 Å². The first-order chi connectivity index (χ1) is 10.7. The van der Waals surface area contributed by atoms with Crippen molar-refractivity contribution in [3.63, 3.8) is 0 Å². The minimum Gasteiger partial charge on any atom is -0.335 e. The van der Waals surface area contributed by atoms with Crippen LogP contribution in [0.1, 0.15) is 0 Å². The Labute approximate surface area is 138 Å². The van der Waals surface area contributed by atoms with Gasteiger partial charge in [-0.15, -0.1) is 34.7 Å². The van der Waals surface area contributed by atoms with Crippen molar-refractivity contribution in [1.29, 1.82) is 0 Å². The molecule has 0 saturated heterocycles. The molecule has 7 heteroatoms. The van der Waals surface area contributed by atoms with Crippen LogP contribution in [-0.4, -0.2) is 44.4 Å². The minimum atomic E-state index is 0.0328. The number of carbonyl (C=O) groups excluding carboxylic acids is 1. The van der Waals surface area contributed by atoms with Crippen LogP contribution in [0.3, 0.4) is 0 Å². The number of thiophene rings is 1. The van der Waals surface area contributed by atoms with E-state index in [-0.39, 0.29) is 5.91 Å².